The second kappa shape index (κ2) is 2.62. The van der Waals surface area contributed by atoms with E-state index in [2.05, 4.69) is 0 Å². The van der Waals surface area contributed by atoms with Gasteiger partial charge in [0.15, 0.2) is 0 Å². The lowest BCUT2D eigenvalue weighted by Gasteiger charge is -2.17. The quantitative estimate of drug-likeness (QED) is 0.402. The van der Waals surface area contributed by atoms with E-state index in [1.807, 2.05) is 13.8 Å². The molecule has 0 saturated heterocycles. The zero-order valence-corrected chi connectivity index (χ0v) is 7.16. The van der Waals surface area contributed by atoms with Crippen molar-refractivity contribution in [3.8, 4) is 0 Å². The Morgan fingerprint density at radius 3 is 1.88 bits per heavy atom. The standard InChI is InChI=1S/C6H15FSi/c1-5-6(2)8(3,4)7/h6H,5H2,1-4H3. The summed E-state index contributed by atoms with van der Waals surface area (Å²) in [4.78, 5) is 0. The molecule has 0 aliphatic heterocycles. The zero-order valence-electron chi connectivity index (χ0n) is 6.16. The minimum Gasteiger partial charge on any atom is -0.314 e. The van der Waals surface area contributed by atoms with E-state index in [-0.39, 0.29) is 0 Å². The fraction of sp³-hybridized carbons (Fsp3) is 1.00. The van der Waals surface area contributed by atoms with Crippen molar-refractivity contribution < 1.29 is 4.11 Å². The molecular formula is C6H15FSi. The first-order chi connectivity index (χ1) is 3.48. The Kier molecular flexibility index (Phi) is 2.67. The van der Waals surface area contributed by atoms with Gasteiger partial charge in [-0.15, -0.1) is 0 Å². The van der Waals surface area contributed by atoms with Crippen LogP contribution < -0.4 is 0 Å². The maximum atomic E-state index is 12.9. The average molecular weight is 134 g/mol. The third kappa shape index (κ3) is 2.45. The van der Waals surface area contributed by atoms with Gasteiger partial charge < -0.3 is 4.11 Å². The van der Waals surface area contributed by atoms with Gasteiger partial charge in [0, 0.05) is 0 Å². The second-order valence-corrected chi connectivity index (χ2v) is 6.99. The Bertz CT molecular complexity index is 65.4. The van der Waals surface area contributed by atoms with Crippen LogP contribution in [0.2, 0.25) is 18.6 Å². The Morgan fingerprint density at radius 2 is 1.88 bits per heavy atom. The lowest BCUT2D eigenvalue weighted by Crippen LogP contribution is -2.23. The predicted octanol–water partition coefficient (Wildman–Crippen LogP) is 2.96. The minimum absolute atomic E-state index is 0.322. The van der Waals surface area contributed by atoms with E-state index >= 15 is 0 Å². The van der Waals surface area contributed by atoms with Gasteiger partial charge in [-0.2, -0.15) is 0 Å². The van der Waals surface area contributed by atoms with Gasteiger partial charge >= 0.3 is 0 Å². The molecule has 0 fully saturated rings. The molecule has 0 aromatic carbocycles. The lowest BCUT2D eigenvalue weighted by molar-refractivity contribution is 0.703. The molecule has 0 aromatic heterocycles. The SMILES string of the molecule is CCC(C)[Si](C)(C)F. The topological polar surface area (TPSA) is 0 Å². The summed E-state index contributed by atoms with van der Waals surface area (Å²) < 4.78 is 12.9. The van der Waals surface area contributed by atoms with Gasteiger partial charge in [-0.25, -0.2) is 0 Å². The van der Waals surface area contributed by atoms with Gasteiger partial charge in [-0.05, 0) is 18.6 Å². The van der Waals surface area contributed by atoms with E-state index in [0.717, 1.165) is 6.42 Å². The van der Waals surface area contributed by atoms with Crippen molar-refractivity contribution in [1.29, 1.82) is 0 Å². The molecule has 50 valence electrons. The normalized spacial score (nSPS) is 16.1. The summed E-state index contributed by atoms with van der Waals surface area (Å²) in [5, 5.41) is 0. The van der Waals surface area contributed by atoms with Crippen molar-refractivity contribution in [3.05, 3.63) is 0 Å². The van der Waals surface area contributed by atoms with Crippen molar-refractivity contribution in [2.24, 2.45) is 0 Å². The molecule has 1 atom stereocenters. The van der Waals surface area contributed by atoms with Crippen LogP contribution in [0.25, 0.3) is 0 Å². The molecule has 0 amide bonds. The Hall–Kier alpha value is 0.147. The fourth-order valence-electron chi connectivity index (χ4n) is 0.485. The molecule has 2 heteroatoms. The van der Waals surface area contributed by atoms with E-state index in [4.69, 9.17) is 0 Å². The van der Waals surface area contributed by atoms with Crippen LogP contribution in [0.1, 0.15) is 20.3 Å². The fourth-order valence-corrected chi connectivity index (χ4v) is 1.46. The summed E-state index contributed by atoms with van der Waals surface area (Å²) >= 11 is 0. The van der Waals surface area contributed by atoms with Crippen LogP contribution in [0.4, 0.5) is 4.11 Å². The van der Waals surface area contributed by atoms with Crippen LogP contribution in [-0.2, 0) is 0 Å². The summed E-state index contributed by atoms with van der Waals surface area (Å²) in [6, 6.07) is 0. The van der Waals surface area contributed by atoms with Crippen molar-refractivity contribution >= 4 is 8.41 Å². The first kappa shape index (κ1) is 8.15. The van der Waals surface area contributed by atoms with Gasteiger partial charge in [0.25, 0.3) is 0 Å². The molecular weight excluding hydrogens is 119 g/mol. The molecule has 1 unspecified atom stereocenters. The molecule has 0 rings (SSSR count). The summed E-state index contributed by atoms with van der Waals surface area (Å²) in [7, 11) is -2.26. The largest absolute Gasteiger partial charge is 0.314 e. The predicted molar refractivity (Wildman–Crippen MR) is 38.3 cm³/mol. The maximum Gasteiger partial charge on any atom is 0.243 e. The molecule has 0 aromatic rings. The first-order valence-electron chi connectivity index (χ1n) is 3.17. The van der Waals surface area contributed by atoms with Crippen LogP contribution in [0.15, 0.2) is 0 Å². The van der Waals surface area contributed by atoms with E-state index in [0.29, 0.717) is 5.54 Å². The summed E-state index contributed by atoms with van der Waals surface area (Å²) in [5.74, 6) is 0. The molecule has 0 saturated carbocycles. The van der Waals surface area contributed by atoms with E-state index in [1.54, 1.807) is 13.1 Å². The molecule has 0 aliphatic rings. The molecule has 0 aliphatic carbocycles. The number of hydrogen-bond acceptors (Lipinski definition) is 0. The monoisotopic (exact) mass is 134 g/mol. The van der Waals surface area contributed by atoms with Gasteiger partial charge in [0.1, 0.15) is 0 Å². The summed E-state index contributed by atoms with van der Waals surface area (Å²) in [6.45, 7) is 7.56. The maximum absolute atomic E-state index is 12.9. The minimum atomic E-state index is -2.26. The molecule has 0 heterocycles. The zero-order chi connectivity index (χ0) is 6.78. The van der Waals surface area contributed by atoms with Crippen LogP contribution >= 0.6 is 0 Å². The lowest BCUT2D eigenvalue weighted by atomic mass is 10.4. The molecule has 0 radical (unpaired) electrons. The van der Waals surface area contributed by atoms with Crippen molar-refractivity contribution in [1.82, 2.24) is 0 Å². The Balaban J connectivity index is 3.62. The van der Waals surface area contributed by atoms with Gasteiger partial charge in [-0.3, -0.25) is 0 Å². The van der Waals surface area contributed by atoms with E-state index in [1.165, 1.54) is 0 Å². The molecule has 0 spiro atoms. The van der Waals surface area contributed by atoms with Gasteiger partial charge in [0.2, 0.25) is 8.41 Å². The highest BCUT2D eigenvalue weighted by atomic mass is 28.4. The van der Waals surface area contributed by atoms with Crippen LogP contribution in [0.5, 0.6) is 0 Å². The second-order valence-electron chi connectivity index (χ2n) is 2.87. The molecule has 0 N–H and O–H groups in total. The Labute approximate surface area is 52.3 Å². The smallest absolute Gasteiger partial charge is 0.243 e. The average Bonchev–Trinajstić information content (AvgIpc) is 1.62. The Morgan fingerprint density at radius 1 is 1.50 bits per heavy atom. The first-order valence-corrected chi connectivity index (χ1v) is 6.13. The molecule has 0 nitrogen and oxygen atoms in total. The van der Waals surface area contributed by atoms with Crippen molar-refractivity contribution in [2.75, 3.05) is 0 Å². The van der Waals surface area contributed by atoms with Gasteiger partial charge in [0.05, 0.1) is 0 Å². The van der Waals surface area contributed by atoms with Crippen LogP contribution in [0.3, 0.4) is 0 Å². The van der Waals surface area contributed by atoms with Crippen molar-refractivity contribution in [2.45, 2.75) is 38.9 Å². The highest BCUT2D eigenvalue weighted by Crippen LogP contribution is 2.24. The highest BCUT2D eigenvalue weighted by Gasteiger charge is 2.26. The van der Waals surface area contributed by atoms with Crippen LogP contribution in [-0.4, -0.2) is 8.41 Å². The number of rotatable bonds is 2. The summed E-state index contributed by atoms with van der Waals surface area (Å²) in [5.41, 5.74) is 0.322. The third-order valence-electron chi connectivity index (χ3n) is 1.78. The number of halogens is 1. The van der Waals surface area contributed by atoms with Gasteiger partial charge in [-0.1, -0.05) is 20.3 Å². The number of hydrogen-bond donors (Lipinski definition) is 0. The van der Waals surface area contributed by atoms with Crippen molar-refractivity contribution in [3.63, 3.8) is 0 Å². The van der Waals surface area contributed by atoms with Crippen LogP contribution in [0, 0.1) is 0 Å². The van der Waals surface area contributed by atoms with E-state index in [9.17, 15) is 4.11 Å². The highest BCUT2D eigenvalue weighted by molar-refractivity contribution is 6.71. The third-order valence-corrected chi connectivity index (χ3v) is 4.54. The summed E-state index contributed by atoms with van der Waals surface area (Å²) in [6.07, 6.45) is 0.982. The van der Waals surface area contributed by atoms with E-state index < -0.39 is 8.41 Å². The molecule has 8 heavy (non-hydrogen) atoms. The molecule has 0 bridgehead atoms.